The summed E-state index contributed by atoms with van der Waals surface area (Å²) >= 11 is 0. The molecule has 0 aromatic carbocycles. The maximum Gasteiger partial charge on any atom is -0.0200 e. The minimum Gasteiger partial charge on any atom is -0.0851 e. The largest absolute Gasteiger partial charge is 0.0851 e. The van der Waals surface area contributed by atoms with Crippen molar-refractivity contribution in [3.63, 3.8) is 0 Å². The fourth-order valence-electron chi connectivity index (χ4n) is 2.47. The molecule has 0 spiro atoms. The van der Waals surface area contributed by atoms with Gasteiger partial charge in [-0.3, -0.25) is 0 Å². The minimum atomic E-state index is 1.02. The lowest BCUT2D eigenvalue weighted by molar-refractivity contribution is 0.387. The van der Waals surface area contributed by atoms with Gasteiger partial charge in [0.1, 0.15) is 0 Å². The Hall–Kier alpha value is -0.260. The van der Waals surface area contributed by atoms with Gasteiger partial charge in [-0.15, -0.1) is 0 Å². The van der Waals surface area contributed by atoms with Crippen molar-refractivity contribution in [2.45, 2.75) is 57.8 Å². The van der Waals surface area contributed by atoms with Gasteiger partial charge >= 0.3 is 0 Å². The summed E-state index contributed by atoms with van der Waals surface area (Å²) in [6.07, 6.45) is 15.7. The zero-order valence-corrected chi connectivity index (χ0v) is 8.02. The molecular weight excluding hydrogens is 144 g/mol. The van der Waals surface area contributed by atoms with Gasteiger partial charge in [-0.05, 0) is 38.0 Å². The summed E-state index contributed by atoms with van der Waals surface area (Å²) in [5.41, 5.74) is 1.80. The molecule has 1 unspecified atom stereocenters. The van der Waals surface area contributed by atoms with Gasteiger partial charge in [-0.1, -0.05) is 37.3 Å². The molecule has 1 saturated carbocycles. The number of allylic oxidation sites excluding steroid dienone is 2. The van der Waals surface area contributed by atoms with Crippen LogP contribution in [0, 0.1) is 5.92 Å². The molecule has 0 N–H and O–H groups in total. The molecule has 12 heavy (non-hydrogen) atoms. The van der Waals surface area contributed by atoms with Crippen molar-refractivity contribution in [3.05, 3.63) is 11.6 Å². The molecule has 2 aliphatic rings. The van der Waals surface area contributed by atoms with Crippen LogP contribution in [0.25, 0.3) is 0 Å². The molecule has 1 fully saturated rings. The van der Waals surface area contributed by atoms with E-state index >= 15 is 0 Å². The Kier molecular flexibility index (Phi) is 2.86. The van der Waals surface area contributed by atoms with Crippen LogP contribution in [-0.4, -0.2) is 0 Å². The third kappa shape index (κ3) is 1.91. The van der Waals surface area contributed by atoms with Gasteiger partial charge < -0.3 is 0 Å². The molecule has 2 aliphatic carbocycles. The number of fused-ring (bicyclic) bond motifs is 1. The lowest BCUT2D eigenvalue weighted by atomic mass is 9.75. The maximum absolute atomic E-state index is 2.54. The second kappa shape index (κ2) is 4.11. The Labute approximate surface area is 76.1 Å². The average molecular weight is 164 g/mol. The van der Waals surface area contributed by atoms with E-state index in [1.165, 1.54) is 57.8 Å². The second-order valence-electron chi connectivity index (χ2n) is 4.36. The highest BCUT2D eigenvalue weighted by Crippen LogP contribution is 2.38. The molecule has 68 valence electrons. The van der Waals surface area contributed by atoms with E-state index < -0.39 is 0 Å². The Morgan fingerprint density at radius 3 is 2.58 bits per heavy atom. The van der Waals surface area contributed by atoms with Crippen molar-refractivity contribution < 1.29 is 0 Å². The molecule has 1 atom stereocenters. The molecule has 0 aliphatic heterocycles. The highest BCUT2D eigenvalue weighted by atomic mass is 14.3. The van der Waals surface area contributed by atoms with E-state index in [2.05, 4.69) is 6.08 Å². The van der Waals surface area contributed by atoms with Crippen molar-refractivity contribution >= 4 is 0 Å². The van der Waals surface area contributed by atoms with Gasteiger partial charge in [0.2, 0.25) is 0 Å². The third-order valence-electron chi connectivity index (χ3n) is 3.47. The van der Waals surface area contributed by atoms with E-state index in [1.54, 1.807) is 5.57 Å². The van der Waals surface area contributed by atoms with Gasteiger partial charge in [0, 0.05) is 0 Å². The summed E-state index contributed by atoms with van der Waals surface area (Å²) < 4.78 is 0. The van der Waals surface area contributed by atoms with Crippen molar-refractivity contribution in [2.75, 3.05) is 0 Å². The summed E-state index contributed by atoms with van der Waals surface area (Å²) in [7, 11) is 0. The van der Waals surface area contributed by atoms with Crippen LogP contribution < -0.4 is 0 Å². The third-order valence-corrected chi connectivity index (χ3v) is 3.47. The average Bonchev–Trinajstić information content (AvgIpc) is 2.05. The van der Waals surface area contributed by atoms with Gasteiger partial charge in [-0.25, -0.2) is 0 Å². The molecular formula is C12H20. The quantitative estimate of drug-likeness (QED) is 0.473. The van der Waals surface area contributed by atoms with Crippen LogP contribution in [0.1, 0.15) is 57.8 Å². The Balaban J connectivity index is 1.88. The van der Waals surface area contributed by atoms with Gasteiger partial charge in [0.25, 0.3) is 0 Å². The zero-order valence-electron chi connectivity index (χ0n) is 8.02. The van der Waals surface area contributed by atoms with E-state index in [1.807, 2.05) is 0 Å². The molecule has 0 aromatic rings. The van der Waals surface area contributed by atoms with Crippen LogP contribution in [0.5, 0.6) is 0 Å². The van der Waals surface area contributed by atoms with Crippen molar-refractivity contribution in [1.29, 1.82) is 0 Å². The van der Waals surface area contributed by atoms with E-state index in [0.717, 1.165) is 5.92 Å². The maximum atomic E-state index is 2.54. The van der Waals surface area contributed by atoms with E-state index in [9.17, 15) is 0 Å². The fourth-order valence-corrected chi connectivity index (χ4v) is 2.47. The van der Waals surface area contributed by atoms with Crippen LogP contribution in [0.4, 0.5) is 0 Å². The van der Waals surface area contributed by atoms with Crippen LogP contribution in [-0.2, 0) is 0 Å². The first kappa shape index (κ1) is 8.34. The van der Waals surface area contributed by atoms with E-state index in [-0.39, 0.29) is 0 Å². The predicted molar refractivity (Wildman–Crippen MR) is 53.1 cm³/mol. The van der Waals surface area contributed by atoms with Gasteiger partial charge in [-0.2, -0.15) is 0 Å². The highest BCUT2D eigenvalue weighted by molar-refractivity contribution is 5.15. The summed E-state index contributed by atoms with van der Waals surface area (Å²) in [4.78, 5) is 0. The molecule has 2 rings (SSSR count). The lowest BCUT2D eigenvalue weighted by Crippen LogP contribution is -2.15. The molecule has 0 saturated heterocycles. The number of hydrogen-bond acceptors (Lipinski definition) is 0. The first-order chi connectivity index (χ1) is 5.97. The van der Waals surface area contributed by atoms with Crippen LogP contribution in [0.15, 0.2) is 11.6 Å². The molecule has 0 radical (unpaired) electrons. The lowest BCUT2D eigenvalue weighted by Gasteiger charge is -2.30. The highest BCUT2D eigenvalue weighted by Gasteiger charge is 2.22. The first-order valence-electron chi connectivity index (χ1n) is 5.66. The van der Waals surface area contributed by atoms with E-state index in [4.69, 9.17) is 0 Å². The second-order valence-corrected chi connectivity index (χ2v) is 4.36. The summed E-state index contributed by atoms with van der Waals surface area (Å²) in [6, 6.07) is 0. The number of hydrogen-bond donors (Lipinski definition) is 0. The monoisotopic (exact) mass is 164 g/mol. The minimum absolute atomic E-state index is 1.02. The smallest absolute Gasteiger partial charge is 0.0200 e. The van der Waals surface area contributed by atoms with Crippen molar-refractivity contribution in [1.82, 2.24) is 0 Å². The molecule has 0 heteroatoms. The first-order valence-corrected chi connectivity index (χ1v) is 5.66. The summed E-state index contributed by atoms with van der Waals surface area (Å²) in [5, 5.41) is 0. The Morgan fingerprint density at radius 1 is 0.917 bits per heavy atom. The van der Waals surface area contributed by atoms with Gasteiger partial charge in [0.15, 0.2) is 0 Å². The zero-order chi connectivity index (χ0) is 8.23. The molecule has 0 nitrogen and oxygen atoms in total. The number of rotatable bonds is 0. The Morgan fingerprint density at radius 2 is 1.75 bits per heavy atom. The molecule has 0 amide bonds. The predicted octanol–water partition coefficient (Wildman–Crippen LogP) is 4.07. The molecule has 0 heterocycles. The van der Waals surface area contributed by atoms with E-state index in [0.29, 0.717) is 0 Å². The SMILES string of the molecule is C1=C2/CCC2CCCCCCC/1. The van der Waals surface area contributed by atoms with Crippen LogP contribution in [0.3, 0.4) is 0 Å². The summed E-state index contributed by atoms with van der Waals surface area (Å²) in [6.45, 7) is 0. The standard InChI is InChI=1S/C12H20/c1-2-4-6-8-12-10-9-11(12)7-5-3-1/h7,12H,1-6,8-10H2/b11-7-. The summed E-state index contributed by atoms with van der Waals surface area (Å²) in [5.74, 6) is 1.02. The van der Waals surface area contributed by atoms with Crippen molar-refractivity contribution in [3.8, 4) is 0 Å². The van der Waals surface area contributed by atoms with Crippen LogP contribution in [0.2, 0.25) is 0 Å². The Bertz CT molecular complexity index is 167. The fraction of sp³-hybridized carbons (Fsp3) is 0.833. The topological polar surface area (TPSA) is 0 Å². The van der Waals surface area contributed by atoms with Crippen molar-refractivity contribution in [2.24, 2.45) is 5.92 Å². The van der Waals surface area contributed by atoms with Gasteiger partial charge in [0.05, 0.1) is 0 Å². The normalized spacial score (nSPS) is 35.7. The van der Waals surface area contributed by atoms with Crippen LogP contribution >= 0.6 is 0 Å². The molecule has 0 aromatic heterocycles. The molecule has 0 bridgehead atoms.